The van der Waals surface area contributed by atoms with Gasteiger partial charge in [-0.2, -0.15) is 0 Å². The lowest BCUT2D eigenvalue weighted by Gasteiger charge is -2.34. The van der Waals surface area contributed by atoms with Gasteiger partial charge in [-0.15, -0.1) is 0 Å². The highest BCUT2D eigenvalue weighted by atomic mass is 19.1. The molecule has 0 bridgehead atoms. The number of benzene rings is 1. The Kier molecular flexibility index (Phi) is 5.28. The van der Waals surface area contributed by atoms with Crippen molar-refractivity contribution in [3.63, 3.8) is 0 Å². The van der Waals surface area contributed by atoms with Gasteiger partial charge in [0, 0.05) is 37.9 Å². The molecule has 1 aromatic carbocycles. The Morgan fingerprint density at radius 1 is 1.30 bits per heavy atom. The molecule has 0 saturated carbocycles. The van der Waals surface area contributed by atoms with Crippen molar-refractivity contribution in [2.45, 2.75) is 32.2 Å². The number of halogens is 1. The predicted molar refractivity (Wildman–Crippen MR) is 88.2 cm³/mol. The number of likely N-dealkylation sites (tertiary alicyclic amines) is 1. The summed E-state index contributed by atoms with van der Waals surface area (Å²) in [4.78, 5) is 6.87. The topological polar surface area (TPSA) is 30.3 Å². The molecule has 23 heavy (non-hydrogen) atoms. The number of aryl methyl sites for hydroxylation is 1. The van der Waals surface area contributed by atoms with Gasteiger partial charge in [0.1, 0.15) is 24.0 Å². The fraction of sp³-hybridized carbons (Fsp3) is 0.500. The van der Waals surface area contributed by atoms with Crippen LogP contribution in [0.3, 0.4) is 0 Å². The van der Waals surface area contributed by atoms with Crippen LogP contribution in [0.4, 0.5) is 4.39 Å². The first kappa shape index (κ1) is 16.0. The Morgan fingerprint density at radius 2 is 2.13 bits per heavy atom. The van der Waals surface area contributed by atoms with Crippen LogP contribution in [0.5, 0.6) is 5.75 Å². The Balaban J connectivity index is 1.50. The van der Waals surface area contributed by atoms with Gasteiger partial charge in [0.25, 0.3) is 0 Å². The summed E-state index contributed by atoms with van der Waals surface area (Å²) in [7, 11) is 0. The molecule has 1 aliphatic rings. The highest BCUT2D eigenvalue weighted by Gasteiger charge is 2.22. The maximum absolute atomic E-state index is 12.9. The lowest BCUT2D eigenvalue weighted by molar-refractivity contribution is 0.148. The Hall–Kier alpha value is -1.88. The van der Waals surface area contributed by atoms with Crippen molar-refractivity contribution in [1.82, 2.24) is 14.5 Å². The highest BCUT2D eigenvalue weighted by molar-refractivity contribution is 5.21. The molecule has 124 valence electrons. The van der Waals surface area contributed by atoms with Gasteiger partial charge in [-0.3, -0.25) is 4.90 Å². The third kappa shape index (κ3) is 4.10. The molecule has 0 unspecified atom stereocenters. The van der Waals surface area contributed by atoms with Crippen molar-refractivity contribution in [3.05, 3.63) is 48.3 Å². The number of hydrogen-bond donors (Lipinski definition) is 0. The summed E-state index contributed by atoms with van der Waals surface area (Å²) in [6.07, 6.45) is 7.37. The molecule has 1 saturated heterocycles. The van der Waals surface area contributed by atoms with Crippen LogP contribution in [0, 0.1) is 5.82 Å². The van der Waals surface area contributed by atoms with E-state index in [4.69, 9.17) is 4.74 Å². The van der Waals surface area contributed by atoms with Crippen molar-refractivity contribution in [2.24, 2.45) is 0 Å². The molecule has 4 nitrogen and oxygen atoms in total. The number of rotatable bonds is 6. The van der Waals surface area contributed by atoms with Crippen molar-refractivity contribution in [3.8, 4) is 5.75 Å². The second kappa shape index (κ2) is 7.59. The lowest BCUT2D eigenvalue weighted by atomic mass is 10.1. The van der Waals surface area contributed by atoms with E-state index in [1.807, 2.05) is 6.20 Å². The minimum atomic E-state index is -0.233. The van der Waals surface area contributed by atoms with E-state index in [1.165, 1.54) is 30.8 Å². The van der Waals surface area contributed by atoms with E-state index in [2.05, 4.69) is 27.6 Å². The third-order valence-electron chi connectivity index (χ3n) is 4.43. The molecule has 1 atom stereocenters. The first-order valence-corrected chi connectivity index (χ1v) is 8.38. The van der Waals surface area contributed by atoms with Crippen LogP contribution in [-0.4, -0.2) is 40.7 Å². The van der Waals surface area contributed by atoms with Crippen LogP contribution in [0.15, 0.2) is 36.7 Å². The van der Waals surface area contributed by atoms with Gasteiger partial charge in [0.2, 0.25) is 0 Å². The van der Waals surface area contributed by atoms with E-state index in [0.717, 1.165) is 31.8 Å². The molecule has 3 rings (SSSR count). The molecule has 1 fully saturated rings. The summed E-state index contributed by atoms with van der Waals surface area (Å²) < 4.78 is 20.9. The molecule has 2 heterocycles. The van der Waals surface area contributed by atoms with Crippen LogP contribution < -0.4 is 4.74 Å². The molecule has 1 aromatic heterocycles. The van der Waals surface area contributed by atoms with Crippen molar-refractivity contribution >= 4 is 0 Å². The molecule has 0 radical (unpaired) electrons. The summed E-state index contributed by atoms with van der Waals surface area (Å²) in [5.41, 5.74) is 0. The van der Waals surface area contributed by atoms with Gasteiger partial charge in [-0.1, -0.05) is 6.92 Å². The standard InChI is InChI=1S/C18H24FN3O/c1-2-18-20-9-11-22(18)16-4-3-10-21(14-16)12-13-23-17-7-5-15(19)6-8-17/h5-9,11,16H,2-4,10,12-14H2,1H3/t16-/m0/s1. The average Bonchev–Trinajstić information content (AvgIpc) is 3.06. The monoisotopic (exact) mass is 317 g/mol. The van der Waals surface area contributed by atoms with Crippen molar-refractivity contribution in [1.29, 1.82) is 0 Å². The number of ether oxygens (including phenoxy) is 1. The summed E-state index contributed by atoms with van der Waals surface area (Å²) in [6, 6.07) is 6.71. The number of piperidine rings is 1. The molecule has 0 aliphatic carbocycles. The van der Waals surface area contributed by atoms with Gasteiger partial charge < -0.3 is 9.30 Å². The molecular weight excluding hydrogens is 293 g/mol. The minimum absolute atomic E-state index is 0.233. The van der Waals surface area contributed by atoms with E-state index in [1.54, 1.807) is 12.1 Å². The number of imidazole rings is 1. The van der Waals surface area contributed by atoms with E-state index in [0.29, 0.717) is 12.6 Å². The Morgan fingerprint density at radius 3 is 2.91 bits per heavy atom. The molecule has 0 amide bonds. The normalized spacial score (nSPS) is 19.0. The largest absolute Gasteiger partial charge is 0.492 e. The second-order valence-electron chi connectivity index (χ2n) is 6.00. The summed E-state index contributed by atoms with van der Waals surface area (Å²) >= 11 is 0. The third-order valence-corrected chi connectivity index (χ3v) is 4.43. The molecule has 1 aliphatic heterocycles. The number of hydrogen-bond acceptors (Lipinski definition) is 3. The fourth-order valence-electron chi connectivity index (χ4n) is 3.23. The predicted octanol–water partition coefficient (Wildman–Crippen LogP) is 3.30. The van der Waals surface area contributed by atoms with E-state index < -0.39 is 0 Å². The number of nitrogens with zero attached hydrogens (tertiary/aromatic N) is 3. The first-order chi connectivity index (χ1) is 11.3. The van der Waals surface area contributed by atoms with Gasteiger partial charge in [0.05, 0.1) is 0 Å². The molecule has 5 heteroatoms. The SMILES string of the molecule is CCc1nccn1[C@H]1CCCN(CCOc2ccc(F)cc2)C1. The van der Waals surface area contributed by atoms with Crippen LogP contribution in [0.2, 0.25) is 0 Å². The summed E-state index contributed by atoms with van der Waals surface area (Å²) in [5, 5.41) is 0. The quantitative estimate of drug-likeness (QED) is 0.819. The summed E-state index contributed by atoms with van der Waals surface area (Å²) in [6.45, 7) is 5.82. The van der Waals surface area contributed by atoms with Crippen molar-refractivity contribution < 1.29 is 9.13 Å². The fourth-order valence-corrected chi connectivity index (χ4v) is 3.23. The molecule has 0 spiro atoms. The highest BCUT2D eigenvalue weighted by Crippen LogP contribution is 2.23. The van der Waals surface area contributed by atoms with Gasteiger partial charge in [-0.25, -0.2) is 9.37 Å². The van der Waals surface area contributed by atoms with Gasteiger partial charge in [-0.05, 0) is 43.7 Å². The van der Waals surface area contributed by atoms with E-state index >= 15 is 0 Å². The second-order valence-corrected chi connectivity index (χ2v) is 6.00. The van der Waals surface area contributed by atoms with Crippen molar-refractivity contribution in [2.75, 3.05) is 26.2 Å². The van der Waals surface area contributed by atoms with Crippen LogP contribution in [-0.2, 0) is 6.42 Å². The van der Waals surface area contributed by atoms with Gasteiger partial charge >= 0.3 is 0 Å². The number of aromatic nitrogens is 2. The maximum Gasteiger partial charge on any atom is 0.123 e. The van der Waals surface area contributed by atoms with E-state index in [9.17, 15) is 4.39 Å². The lowest BCUT2D eigenvalue weighted by Crippen LogP contribution is -2.39. The molecular formula is C18H24FN3O. The Labute approximate surface area is 136 Å². The smallest absolute Gasteiger partial charge is 0.123 e. The first-order valence-electron chi connectivity index (χ1n) is 8.38. The van der Waals surface area contributed by atoms with Crippen LogP contribution in [0.1, 0.15) is 31.6 Å². The Bertz CT molecular complexity index is 611. The molecule has 2 aromatic rings. The zero-order chi connectivity index (χ0) is 16.1. The average molecular weight is 317 g/mol. The van der Waals surface area contributed by atoms with Crippen LogP contribution in [0.25, 0.3) is 0 Å². The van der Waals surface area contributed by atoms with E-state index in [-0.39, 0.29) is 5.82 Å². The zero-order valence-electron chi connectivity index (χ0n) is 13.6. The van der Waals surface area contributed by atoms with Crippen LogP contribution >= 0.6 is 0 Å². The van der Waals surface area contributed by atoms with Gasteiger partial charge in [0.15, 0.2) is 0 Å². The maximum atomic E-state index is 12.9. The zero-order valence-corrected chi connectivity index (χ0v) is 13.6. The minimum Gasteiger partial charge on any atom is -0.492 e. The summed E-state index contributed by atoms with van der Waals surface area (Å²) in [5.74, 6) is 1.66. The molecule has 0 N–H and O–H groups in total.